The van der Waals surface area contributed by atoms with E-state index < -0.39 is 17.6 Å². The second-order valence-corrected chi connectivity index (χ2v) is 10.2. The van der Waals surface area contributed by atoms with Gasteiger partial charge in [-0.3, -0.25) is 9.69 Å². The number of likely N-dealkylation sites (N-methyl/N-ethyl adjacent to an activating group) is 1. The SMILES string of the molecule is COc1cc(OC)cc(C(=O)N2CC(c3ccc(Cl)c(Cl)c3)C(N(C)Cc3ccc(C(F)(F)F)c(F)c3)C2)c1. The molecule has 1 aliphatic rings. The fraction of sp³-hybridized carbons (Fsp3) is 0.321. The number of hydrogen-bond acceptors (Lipinski definition) is 4. The molecule has 0 spiro atoms. The van der Waals surface area contributed by atoms with Crippen molar-refractivity contribution in [1.29, 1.82) is 0 Å². The minimum Gasteiger partial charge on any atom is -0.497 e. The first-order valence-corrected chi connectivity index (χ1v) is 12.7. The molecule has 2 unspecified atom stereocenters. The first-order valence-electron chi connectivity index (χ1n) is 11.9. The Labute approximate surface area is 233 Å². The van der Waals surface area contributed by atoms with Crippen molar-refractivity contribution >= 4 is 29.1 Å². The van der Waals surface area contributed by atoms with E-state index in [0.717, 1.165) is 17.7 Å². The maximum Gasteiger partial charge on any atom is 0.419 e. The molecule has 1 aliphatic heterocycles. The van der Waals surface area contributed by atoms with E-state index in [-0.39, 0.29) is 24.4 Å². The molecule has 39 heavy (non-hydrogen) atoms. The number of rotatable bonds is 7. The highest BCUT2D eigenvalue weighted by Gasteiger charge is 2.39. The number of carbonyl (C=O) groups excluding carboxylic acids is 1. The Morgan fingerprint density at radius 3 is 2.21 bits per heavy atom. The van der Waals surface area contributed by atoms with Crippen LogP contribution < -0.4 is 9.47 Å². The quantitative estimate of drug-likeness (QED) is 0.283. The fourth-order valence-corrected chi connectivity index (χ4v) is 5.18. The van der Waals surface area contributed by atoms with Gasteiger partial charge in [0.2, 0.25) is 0 Å². The van der Waals surface area contributed by atoms with Crippen LogP contribution in [0.15, 0.2) is 54.6 Å². The molecule has 11 heteroatoms. The van der Waals surface area contributed by atoms with Crippen molar-refractivity contribution in [3.63, 3.8) is 0 Å². The normalized spacial score (nSPS) is 17.5. The van der Waals surface area contributed by atoms with E-state index in [4.69, 9.17) is 32.7 Å². The molecule has 1 saturated heterocycles. The highest BCUT2D eigenvalue weighted by molar-refractivity contribution is 6.42. The number of carbonyl (C=O) groups is 1. The highest BCUT2D eigenvalue weighted by atomic mass is 35.5. The lowest BCUT2D eigenvalue weighted by Gasteiger charge is -2.29. The molecule has 0 aliphatic carbocycles. The predicted octanol–water partition coefficient (Wildman–Crippen LogP) is 6.91. The van der Waals surface area contributed by atoms with Gasteiger partial charge in [0.1, 0.15) is 17.3 Å². The molecule has 0 aromatic heterocycles. The van der Waals surface area contributed by atoms with Crippen molar-refractivity contribution in [3.8, 4) is 11.5 Å². The monoisotopic (exact) mass is 584 g/mol. The van der Waals surface area contributed by atoms with Gasteiger partial charge < -0.3 is 14.4 Å². The summed E-state index contributed by atoms with van der Waals surface area (Å²) in [7, 11) is 4.77. The van der Waals surface area contributed by atoms with E-state index in [1.165, 1.54) is 20.3 Å². The smallest absolute Gasteiger partial charge is 0.419 e. The van der Waals surface area contributed by atoms with Crippen LogP contribution in [0.25, 0.3) is 0 Å². The molecular weight excluding hydrogens is 559 g/mol. The van der Waals surface area contributed by atoms with Gasteiger partial charge in [-0.05, 0) is 54.6 Å². The molecule has 2 atom stereocenters. The predicted molar refractivity (Wildman–Crippen MR) is 141 cm³/mol. The molecule has 0 saturated carbocycles. The maximum atomic E-state index is 14.2. The van der Waals surface area contributed by atoms with Crippen molar-refractivity contribution < 1.29 is 31.8 Å². The first kappa shape index (κ1) is 29.0. The topological polar surface area (TPSA) is 42.0 Å². The second kappa shape index (κ2) is 11.6. The lowest BCUT2D eigenvalue weighted by atomic mass is 9.93. The molecule has 3 aromatic rings. The summed E-state index contributed by atoms with van der Waals surface area (Å²) in [6.45, 7) is 0.808. The number of halogens is 6. The molecule has 0 N–H and O–H groups in total. The molecule has 4 rings (SSSR count). The van der Waals surface area contributed by atoms with Gasteiger partial charge in [0.15, 0.2) is 0 Å². The zero-order valence-electron chi connectivity index (χ0n) is 21.4. The molecule has 0 bridgehead atoms. The highest BCUT2D eigenvalue weighted by Crippen LogP contribution is 2.36. The molecule has 5 nitrogen and oxygen atoms in total. The number of methoxy groups -OCH3 is 2. The van der Waals surface area contributed by atoms with Gasteiger partial charge >= 0.3 is 6.18 Å². The fourth-order valence-electron chi connectivity index (χ4n) is 4.88. The number of ether oxygens (including phenoxy) is 2. The van der Waals surface area contributed by atoms with Gasteiger partial charge in [-0.1, -0.05) is 35.3 Å². The third-order valence-corrected chi connectivity index (χ3v) is 7.62. The number of nitrogens with zero attached hydrogens (tertiary/aromatic N) is 2. The van der Waals surface area contributed by atoms with Crippen LogP contribution in [0.4, 0.5) is 17.6 Å². The zero-order valence-corrected chi connectivity index (χ0v) is 22.9. The second-order valence-electron chi connectivity index (χ2n) is 9.39. The van der Waals surface area contributed by atoms with Crippen LogP contribution in [0, 0.1) is 5.82 Å². The Kier molecular flexibility index (Phi) is 8.63. The third-order valence-electron chi connectivity index (χ3n) is 6.88. The van der Waals surface area contributed by atoms with E-state index in [1.807, 2.05) is 11.0 Å². The number of benzene rings is 3. The zero-order chi connectivity index (χ0) is 28.5. The lowest BCUT2D eigenvalue weighted by Crippen LogP contribution is -2.38. The summed E-state index contributed by atoms with van der Waals surface area (Å²) in [6.07, 6.45) is -4.78. The van der Waals surface area contributed by atoms with Gasteiger partial charge in [-0.25, -0.2) is 4.39 Å². The largest absolute Gasteiger partial charge is 0.497 e. The van der Waals surface area contributed by atoms with Gasteiger partial charge in [-0.2, -0.15) is 13.2 Å². The van der Waals surface area contributed by atoms with Crippen LogP contribution in [0.2, 0.25) is 10.0 Å². The first-order chi connectivity index (χ1) is 18.4. The molecule has 208 valence electrons. The molecule has 1 heterocycles. The van der Waals surface area contributed by atoms with Gasteiger partial charge in [0.25, 0.3) is 5.91 Å². The molecule has 1 amide bonds. The molecule has 0 radical (unpaired) electrons. The summed E-state index contributed by atoms with van der Waals surface area (Å²) < 4.78 is 63.9. The molecular formula is C28H26Cl2F4N2O3. The maximum absolute atomic E-state index is 14.2. The van der Waals surface area contributed by atoms with Crippen LogP contribution in [0.1, 0.15) is 33.0 Å². The van der Waals surface area contributed by atoms with Gasteiger partial charge in [-0.15, -0.1) is 0 Å². The number of likely N-dealkylation sites (tertiary alicyclic amines) is 1. The van der Waals surface area contributed by atoms with Crippen LogP contribution >= 0.6 is 23.2 Å². The summed E-state index contributed by atoms with van der Waals surface area (Å²) in [5, 5.41) is 0.752. The van der Waals surface area contributed by atoms with E-state index in [2.05, 4.69) is 0 Å². The van der Waals surface area contributed by atoms with Crippen molar-refractivity contribution in [2.75, 3.05) is 34.4 Å². The Hall–Kier alpha value is -3.01. The molecule has 3 aromatic carbocycles. The van der Waals surface area contributed by atoms with Crippen LogP contribution in [-0.4, -0.2) is 56.1 Å². The van der Waals surface area contributed by atoms with Crippen molar-refractivity contribution in [1.82, 2.24) is 9.80 Å². The average Bonchev–Trinajstić information content (AvgIpc) is 3.34. The summed E-state index contributed by atoms with van der Waals surface area (Å²) in [4.78, 5) is 17.2. The lowest BCUT2D eigenvalue weighted by molar-refractivity contribution is -0.140. The minimum absolute atomic E-state index is 0.159. The minimum atomic E-state index is -4.78. The Balaban J connectivity index is 1.64. The van der Waals surface area contributed by atoms with E-state index in [0.29, 0.717) is 45.8 Å². The van der Waals surface area contributed by atoms with E-state index >= 15 is 0 Å². The van der Waals surface area contributed by atoms with E-state index in [9.17, 15) is 22.4 Å². The van der Waals surface area contributed by atoms with Crippen LogP contribution in [-0.2, 0) is 12.7 Å². The number of amides is 1. The Morgan fingerprint density at radius 1 is 0.974 bits per heavy atom. The summed E-state index contributed by atoms with van der Waals surface area (Å²) >= 11 is 12.4. The summed E-state index contributed by atoms with van der Waals surface area (Å²) in [5.74, 6) is -0.842. The van der Waals surface area contributed by atoms with Crippen LogP contribution in [0.5, 0.6) is 11.5 Å². The van der Waals surface area contributed by atoms with Gasteiger partial charge in [0, 0.05) is 43.2 Å². The van der Waals surface area contributed by atoms with E-state index in [1.54, 1.807) is 42.3 Å². The van der Waals surface area contributed by atoms with Crippen LogP contribution in [0.3, 0.4) is 0 Å². The number of alkyl halides is 3. The van der Waals surface area contributed by atoms with Gasteiger partial charge in [0.05, 0.1) is 29.8 Å². The standard InChI is InChI=1S/C28H26Cl2F4N2O3/c1-35(13-16-4-6-22(25(31)8-16)28(32,33)34)26-15-36(14-21(26)17-5-7-23(29)24(30)11-17)27(37)18-9-19(38-2)12-20(10-18)39-3/h4-12,21,26H,13-15H2,1-3H3. The third kappa shape index (κ3) is 6.42. The Morgan fingerprint density at radius 2 is 1.64 bits per heavy atom. The molecule has 1 fully saturated rings. The van der Waals surface area contributed by atoms with Crippen molar-refractivity contribution in [2.45, 2.75) is 24.7 Å². The van der Waals surface area contributed by atoms with Crippen molar-refractivity contribution in [2.24, 2.45) is 0 Å². The Bertz CT molecular complexity index is 1350. The number of hydrogen-bond donors (Lipinski definition) is 0. The van der Waals surface area contributed by atoms with Crippen molar-refractivity contribution in [3.05, 3.63) is 92.7 Å². The average molecular weight is 585 g/mol. The summed E-state index contributed by atoms with van der Waals surface area (Å²) in [5.41, 5.74) is 0.290. The summed E-state index contributed by atoms with van der Waals surface area (Å²) in [6, 6.07) is 12.8.